The molecule has 2 fully saturated rings. The van der Waals surface area contributed by atoms with Gasteiger partial charge < -0.3 is 10.1 Å². The first-order chi connectivity index (χ1) is 9.74. The summed E-state index contributed by atoms with van der Waals surface area (Å²) in [5, 5.41) is 3.74. The Morgan fingerprint density at radius 2 is 2.10 bits per heavy atom. The fourth-order valence-electron chi connectivity index (χ4n) is 4.10. The molecule has 4 unspecified atom stereocenters. The van der Waals surface area contributed by atoms with Crippen LogP contribution in [0, 0.1) is 11.8 Å². The molecule has 1 aliphatic heterocycles. The zero-order valence-corrected chi connectivity index (χ0v) is 13.7. The predicted molar refractivity (Wildman–Crippen MR) is 85.1 cm³/mol. The highest BCUT2D eigenvalue weighted by atomic mass is 16.5. The molecule has 2 rings (SSSR count). The van der Waals surface area contributed by atoms with E-state index in [4.69, 9.17) is 4.74 Å². The van der Waals surface area contributed by atoms with E-state index in [9.17, 15) is 0 Å². The van der Waals surface area contributed by atoms with Crippen molar-refractivity contribution in [1.82, 2.24) is 10.2 Å². The zero-order valence-electron chi connectivity index (χ0n) is 13.7. The van der Waals surface area contributed by atoms with E-state index in [-0.39, 0.29) is 0 Å². The van der Waals surface area contributed by atoms with Crippen molar-refractivity contribution in [1.29, 1.82) is 0 Å². The van der Waals surface area contributed by atoms with Crippen LogP contribution in [0.3, 0.4) is 0 Å². The van der Waals surface area contributed by atoms with Crippen LogP contribution in [0.15, 0.2) is 0 Å². The maximum Gasteiger partial charge on any atom is 0.0619 e. The minimum atomic E-state index is 0.595. The van der Waals surface area contributed by atoms with Crippen LogP contribution < -0.4 is 5.32 Å². The van der Waals surface area contributed by atoms with Crippen molar-refractivity contribution in [3.63, 3.8) is 0 Å². The smallest absolute Gasteiger partial charge is 0.0619 e. The highest BCUT2D eigenvalue weighted by Gasteiger charge is 2.32. The molecule has 0 radical (unpaired) electrons. The molecule has 4 atom stereocenters. The summed E-state index contributed by atoms with van der Waals surface area (Å²) in [7, 11) is 0. The Morgan fingerprint density at radius 3 is 2.80 bits per heavy atom. The minimum Gasteiger partial charge on any atom is -0.379 e. The molecule has 1 saturated heterocycles. The summed E-state index contributed by atoms with van der Waals surface area (Å²) in [5.41, 5.74) is 0. The number of morpholine rings is 1. The second-order valence-electron chi connectivity index (χ2n) is 6.81. The van der Waals surface area contributed by atoms with Gasteiger partial charge in [0.25, 0.3) is 0 Å². The Balaban J connectivity index is 1.91. The zero-order chi connectivity index (χ0) is 14.4. The Kier molecular flexibility index (Phi) is 6.79. The van der Waals surface area contributed by atoms with Gasteiger partial charge in [0.1, 0.15) is 0 Å². The first-order valence-corrected chi connectivity index (χ1v) is 8.79. The largest absolute Gasteiger partial charge is 0.379 e. The van der Waals surface area contributed by atoms with Crippen molar-refractivity contribution in [3.05, 3.63) is 0 Å². The fourth-order valence-corrected chi connectivity index (χ4v) is 4.10. The predicted octanol–water partition coefficient (Wildman–Crippen LogP) is 2.90. The molecule has 0 bridgehead atoms. The summed E-state index contributed by atoms with van der Waals surface area (Å²) >= 11 is 0. The molecule has 1 aliphatic carbocycles. The standard InChI is InChI=1S/C17H34N2O/c1-4-6-15-7-8-17(18-5-2)16(11-15)12-19-9-10-20-13-14(19)3/h14-18H,4-13H2,1-3H3. The first kappa shape index (κ1) is 16.3. The molecule has 0 amide bonds. The maximum absolute atomic E-state index is 5.58. The second-order valence-corrected chi connectivity index (χ2v) is 6.81. The van der Waals surface area contributed by atoms with Gasteiger partial charge in [-0.05, 0) is 44.6 Å². The normalized spacial score (nSPS) is 36.1. The van der Waals surface area contributed by atoms with Gasteiger partial charge in [-0.15, -0.1) is 0 Å². The summed E-state index contributed by atoms with van der Waals surface area (Å²) in [5.74, 6) is 1.80. The lowest BCUT2D eigenvalue weighted by atomic mass is 9.76. The lowest BCUT2D eigenvalue weighted by molar-refractivity contribution is -0.0148. The molecule has 0 aromatic carbocycles. The summed E-state index contributed by atoms with van der Waals surface area (Å²) in [6.07, 6.45) is 7.00. The molecule has 20 heavy (non-hydrogen) atoms. The number of nitrogens with zero attached hydrogens (tertiary/aromatic N) is 1. The Labute approximate surface area is 125 Å². The van der Waals surface area contributed by atoms with Crippen molar-refractivity contribution >= 4 is 0 Å². The Morgan fingerprint density at radius 1 is 1.25 bits per heavy atom. The highest BCUT2D eigenvalue weighted by molar-refractivity contribution is 4.87. The van der Waals surface area contributed by atoms with Crippen LogP contribution in [0.1, 0.15) is 52.9 Å². The van der Waals surface area contributed by atoms with Crippen LogP contribution in [0.4, 0.5) is 0 Å². The van der Waals surface area contributed by atoms with Gasteiger partial charge in [0.2, 0.25) is 0 Å². The Hall–Kier alpha value is -0.120. The lowest BCUT2D eigenvalue weighted by Crippen LogP contribution is -2.51. The van der Waals surface area contributed by atoms with Crippen molar-refractivity contribution in [2.75, 3.05) is 32.8 Å². The van der Waals surface area contributed by atoms with Gasteiger partial charge in [0.05, 0.1) is 13.2 Å². The lowest BCUT2D eigenvalue weighted by Gasteiger charge is -2.42. The summed E-state index contributed by atoms with van der Waals surface area (Å²) in [6.45, 7) is 12.2. The van der Waals surface area contributed by atoms with Crippen molar-refractivity contribution in [2.24, 2.45) is 11.8 Å². The van der Waals surface area contributed by atoms with Crippen molar-refractivity contribution in [3.8, 4) is 0 Å². The monoisotopic (exact) mass is 282 g/mol. The molecule has 2 aliphatic rings. The van der Waals surface area contributed by atoms with E-state index in [2.05, 4.69) is 31.0 Å². The summed E-state index contributed by atoms with van der Waals surface area (Å²) in [6, 6.07) is 1.33. The fraction of sp³-hybridized carbons (Fsp3) is 1.00. The van der Waals surface area contributed by atoms with Gasteiger partial charge in [-0.3, -0.25) is 4.90 Å². The molecule has 0 aromatic rings. The highest BCUT2D eigenvalue weighted by Crippen LogP contribution is 2.33. The number of hydrogen-bond donors (Lipinski definition) is 1. The van der Waals surface area contributed by atoms with E-state index >= 15 is 0 Å². The third-order valence-corrected chi connectivity index (χ3v) is 5.23. The molecule has 3 nitrogen and oxygen atoms in total. The van der Waals surface area contributed by atoms with E-state index in [1.54, 1.807) is 0 Å². The van der Waals surface area contributed by atoms with Crippen LogP contribution in [-0.4, -0.2) is 49.8 Å². The van der Waals surface area contributed by atoms with Gasteiger partial charge in [-0.25, -0.2) is 0 Å². The number of nitrogens with one attached hydrogen (secondary N) is 1. The second kappa shape index (κ2) is 8.35. The molecule has 1 heterocycles. The molecular formula is C17H34N2O. The number of hydrogen-bond acceptors (Lipinski definition) is 3. The van der Waals surface area contributed by atoms with E-state index in [1.165, 1.54) is 38.6 Å². The van der Waals surface area contributed by atoms with Gasteiger partial charge >= 0.3 is 0 Å². The molecular weight excluding hydrogens is 248 g/mol. The molecule has 0 aromatic heterocycles. The average molecular weight is 282 g/mol. The average Bonchev–Trinajstić information content (AvgIpc) is 2.45. The molecule has 1 N–H and O–H groups in total. The van der Waals surface area contributed by atoms with E-state index < -0.39 is 0 Å². The SMILES string of the molecule is CCCC1CCC(NCC)C(CN2CCOCC2C)C1. The van der Waals surface area contributed by atoms with Crippen molar-refractivity contribution < 1.29 is 4.74 Å². The van der Waals surface area contributed by atoms with Gasteiger partial charge in [-0.1, -0.05) is 26.7 Å². The van der Waals surface area contributed by atoms with Crippen LogP contribution in [0.2, 0.25) is 0 Å². The molecule has 3 heteroatoms. The summed E-state index contributed by atoms with van der Waals surface area (Å²) in [4.78, 5) is 2.66. The Bertz CT molecular complexity index is 272. The number of ether oxygens (including phenoxy) is 1. The van der Waals surface area contributed by atoms with E-state index in [1.807, 2.05) is 0 Å². The van der Waals surface area contributed by atoms with Gasteiger partial charge in [-0.2, -0.15) is 0 Å². The minimum absolute atomic E-state index is 0.595. The maximum atomic E-state index is 5.58. The topological polar surface area (TPSA) is 24.5 Å². The van der Waals surface area contributed by atoms with Gasteiger partial charge in [0.15, 0.2) is 0 Å². The first-order valence-electron chi connectivity index (χ1n) is 8.79. The summed E-state index contributed by atoms with van der Waals surface area (Å²) < 4.78 is 5.58. The molecule has 118 valence electrons. The quantitative estimate of drug-likeness (QED) is 0.811. The van der Waals surface area contributed by atoms with Crippen LogP contribution in [-0.2, 0) is 4.74 Å². The van der Waals surface area contributed by atoms with E-state index in [0.717, 1.165) is 44.2 Å². The number of rotatable bonds is 6. The van der Waals surface area contributed by atoms with Crippen molar-refractivity contribution in [2.45, 2.75) is 65.0 Å². The van der Waals surface area contributed by atoms with Crippen LogP contribution in [0.5, 0.6) is 0 Å². The van der Waals surface area contributed by atoms with Crippen LogP contribution in [0.25, 0.3) is 0 Å². The van der Waals surface area contributed by atoms with Gasteiger partial charge in [0, 0.05) is 25.2 Å². The molecule has 0 spiro atoms. The molecule has 1 saturated carbocycles. The van der Waals surface area contributed by atoms with E-state index in [0.29, 0.717) is 6.04 Å². The third kappa shape index (κ3) is 4.44. The van der Waals surface area contributed by atoms with Crippen LogP contribution >= 0.6 is 0 Å². The third-order valence-electron chi connectivity index (χ3n) is 5.23.